The number of fused-ring (bicyclic) bond motifs is 2. The smallest absolute Gasteiger partial charge is 0.227 e. The number of Topliss-reactive ketones (excluding diaryl/α,β-unsaturated/α-hetero) is 1. The van der Waals surface area contributed by atoms with Crippen LogP contribution in [0.1, 0.15) is 16.9 Å². The van der Waals surface area contributed by atoms with Crippen molar-refractivity contribution in [2.45, 2.75) is 6.42 Å². The summed E-state index contributed by atoms with van der Waals surface area (Å²) in [5.74, 6) is 0.0462. The molecule has 5 nitrogen and oxygen atoms in total. The van der Waals surface area contributed by atoms with Crippen molar-refractivity contribution in [2.75, 3.05) is 11.9 Å². The number of pyridine rings is 1. The molecule has 0 aliphatic carbocycles. The zero-order chi connectivity index (χ0) is 12.8. The molecule has 4 heterocycles. The van der Waals surface area contributed by atoms with E-state index in [0.717, 1.165) is 21.6 Å². The standard InChI is InChI=1S/C13H9N3O2S/c17-8-1-3-14-11-9(13-15-4-6-19-13)7-2-5-18-12(7)16-10(8)11/h2,4-6,14H,1,3H2. The second-order valence-electron chi connectivity index (χ2n) is 4.29. The van der Waals surface area contributed by atoms with Crippen LogP contribution >= 0.6 is 11.3 Å². The van der Waals surface area contributed by atoms with Crippen molar-refractivity contribution in [1.82, 2.24) is 9.97 Å². The molecule has 0 bridgehead atoms. The highest BCUT2D eigenvalue weighted by Gasteiger charge is 2.26. The van der Waals surface area contributed by atoms with E-state index in [1.807, 2.05) is 11.4 Å². The summed E-state index contributed by atoms with van der Waals surface area (Å²) in [6.07, 6.45) is 3.80. The van der Waals surface area contributed by atoms with Crippen LogP contribution in [0.5, 0.6) is 0 Å². The Balaban J connectivity index is 2.14. The minimum atomic E-state index is 0.0462. The van der Waals surface area contributed by atoms with E-state index in [9.17, 15) is 4.79 Å². The third-order valence-corrected chi connectivity index (χ3v) is 3.97. The monoisotopic (exact) mass is 271 g/mol. The van der Waals surface area contributed by atoms with Gasteiger partial charge in [-0.1, -0.05) is 0 Å². The quantitative estimate of drug-likeness (QED) is 0.737. The van der Waals surface area contributed by atoms with Crippen molar-refractivity contribution >= 4 is 33.9 Å². The lowest BCUT2D eigenvalue weighted by atomic mass is 10.0. The first-order chi connectivity index (χ1) is 9.34. The molecule has 3 aromatic heterocycles. The van der Waals surface area contributed by atoms with Crippen molar-refractivity contribution in [2.24, 2.45) is 0 Å². The minimum Gasteiger partial charge on any atom is -0.446 e. The number of carbonyl (C=O) groups excluding carboxylic acids is 1. The van der Waals surface area contributed by atoms with Crippen LogP contribution in [0.15, 0.2) is 28.3 Å². The second kappa shape index (κ2) is 3.89. The van der Waals surface area contributed by atoms with Gasteiger partial charge in [-0.25, -0.2) is 9.97 Å². The van der Waals surface area contributed by atoms with Crippen LogP contribution in [0.3, 0.4) is 0 Å². The minimum absolute atomic E-state index is 0.0462. The Morgan fingerprint density at radius 1 is 1.42 bits per heavy atom. The van der Waals surface area contributed by atoms with Crippen molar-refractivity contribution in [3.8, 4) is 10.6 Å². The van der Waals surface area contributed by atoms with Crippen LogP contribution in [0, 0.1) is 0 Å². The van der Waals surface area contributed by atoms with E-state index in [-0.39, 0.29) is 5.78 Å². The Bertz CT molecular complexity index is 777. The largest absolute Gasteiger partial charge is 0.446 e. The molecule has 4 rings (SSSR count). The number of furan rings is 1. The molecule has 94 valence electrons. The number of nitrogens with zero attached hydrogens (tertiary/aromatic N) is 2. The molecule has 0 aromatic carbocycles. The first-order valence-electron chi connectivity index (χ1n) is 5.93. The van der Waals surface area contributed by atoms with E-state index in [1.165, 1.54) is 11.3 Å². The third-order valence-electron chi connectivity index (χ3n) is 3.18. The first kappa shape index (κ1) is 10.7. The van der Waals surface area contributed by atoms with E-state index in [2.05, 4.69) is 15.3 Å². The number of anilines is 1. The lowest BCUT2D eigenvalue weighted by Gasteiger charge is -2.18. The fourth-order valence-corrected chi connectivity index (χ4v) is 3.05. The molecule has 19 heavy (non-hydrogen) atoms. The van der Waals surface area contributed by atoms with Crippen molar-refractivity contribution in [3.63, 3.8) is 0 Å². The average molecular weight is 271 g/mol. The third kappa shape index (κ3) is 1.50. The Kier molecular flexibility index (Phi) is 2.19. The molecule has 0 unspecified atom stereocenters. The fourth-order valence-electron chi connectivity index (χ4n) is 2.35. The van der Waals surface area contributed by atoms with Crippen molar-refractivity contribution in [1.29, 1.82) is 0 Å². The molecule has 6 heteroatoms. The summed E-state index contributed by atoms with van der Waals surface area (Å²) in [4.78, 5) is 20.7. The summed E-state index contributed by atoms with van der Waals surface area (Å²) in [6.45, 7) is 0.634. The number of thiazole rings is 1. The molecule has 0 saturated heterocycles. The first-order valence-corrected chi connectivity index (χ1v) is 6.80. The SMILES string of the molecule is O=C1CCNc2c1nc1occc1c2-c1nccs1. The number of ketones is 1. The number of hydrogen-bond donors (Lipinski definition) is 1. The van der Waals surface area contributed by atoms with Gasteiger partial charge < -0.3 is 9.73 Å². The number of rotatable bonds is 1. The highest BCUT2D eigenvalue weighted by atomic mass is 32.1. The predicted molar refractivity (Wildman–Crippen MR) is 72.6 cm³/mol. The molecular weight excluding hydrogens is 262 g/mol. The highest BCUT2D eigenvalue weighted by Crippen LogP contribution is 2.39. The number of hydrogen-bond acceptors (Lipinski definition) is 6. The summed E-state index contributed by atoms with van der Waals surface area (Å²) in [6, 6.07) is 1.86. The van der Waals surface area contributed by atoms with E-state index >= 15 is 0 Å². The summed E-state index contributed by atoms with van der Waals surface area (Å²) in [5.41, 5.74) is 2.64. The van der Waals surface area contributed by atoms with Gasteiger partial charge in [0.1, 0.15) is 10.7 Å². The summed E-state index contributed by atoms with van der Waals surface area (Å²) >= 11 is 1.54. The number of aromatic nitrogens is 2. The molecule has 0 atom stereocenters. The van der Waals surface area contributed by atoms with Gasteiger partial charge in [0.05, 0.1) is 17.3 Å². The molecule has 0 radical (unpaired) electrons. The number of carbonyl (C=O) groups is 1. The molecule has 0 saturated carbocycles. The van der Waals surface area contributed by atoms with E-state index in [0.29, 0.717) is 24.4 Å². The summed E-state index contributed by atoms with van der Waals surface area (Å²) < 4.78 is 5.36. The molecule has 0 fully saturated rings. The van der Waals surface area contributed by atoms with E-state index in [4.69, 9.17) is 4.42 Å². The van der Waals surface area contributed by atoms with Gasteiger partial charge in [-0.2, -0.15) is 0 Å². The van der Waals surface area contributed by atoms with Crippen LogP contribution in [0.25, 0.3) is 21.7 Å². The topological polar surface area (TPSA) is 68.0 Å². The molecule has 0 spiro atoms. The maximum Gasteiger partial charge on any atom is 0.227 e. The van der Waals surface area contributed by atoms with Crippen LogP contribution in [0.2, 0.25) is 0 Å². The predicted octanol–water partition coefficient (Wildman–Crippen LogP) is 2.95. The summed E-state index contributed by atoms with van der Waals surface area (Å²) in [5, 5.41) is 6.94. The zero-order valence-corrected chi connectivity index (χ0v) is 10.7. The van der Waals surface area contributed by atoms with Gasteiger partial charge in [0.15, 0.2) is 5.78 Å². The van der Waals surface area contributed by atoms with Crippen molar-refractivity contribution in [3.05, 3.63) is 29.6 Å². The molecule has 1 aliphatic rings. The van der Waals surface area contributed by atoms with Crippen LogP contribution in [-0.4, -0.2) is 22.3 Å². The van der Waals surface area contributed by atoms with E-state index < -0.39 is 0 Å². The Labute approximate surface area is 112 Å². The van der Waals surface area contributed by atoms with Gasteiger partial charge in [0.25, 0.3) is 0 Å². The average Bonchev–Trinajstić information content (AvgIpc) is 3.08. The van der Waals surface area contributed by atoms with Gasteiger partial charge in [0, 0.05) is 30.1 Å². The van der Waals surface area contributed by atoms with E-state index in [1.54, 1.807) is 12.5 Å². The summed E-state index contributed by atoms with van der Waals surface area (Å²) in [7, 11) is 0. The van der Waals surface area contributed by atoms with Crippen LogP contribution in [-0.2, 0) is 0 Å². The fraction of sp³-hybridized carbons (Fsp3) is 0.154. The Morgan fingerprint density at radius 3 is 3.21 bits per heavy atom. The van der Waals surface area contributed by atoms with Crippen LogP contribution in [0.4, 0.5) is 5.69 Å². The molecule has 1 aliphatic heterocycles. The lowest BCUT2D eigenvalue weighted by Crippen LogP contribution is -2.20. The molecule has 3 aromatic rings. The lowest BCUT2D eigenvalue weighted by molar-refractivity contribution is 0.0979. The Hall–Kier alpha value is -2.21. The van der Waals surface area contributed by atoms with Gasteiger partial charge in [-0.05, 0) is 6.07 Å². The van der Waals surface area contributed by atoms with Gasteiger partial charge in [0.2, 0.25) is 5.71 Å². The van der Waals surface area contributed by atoms with Gasteiger partial charge >= 0.3 is 0 Å². The number of nitrogens with one attached hydrogen (secondary N) is 1. The molecular formula is C13H9N3O2S. The Morgan fingerprint density at radius 2 is 2.37 bits per heavy atom. The van der Waals surface area contributed by atoms with Crippen LogP contribution < -0.4 is 5.32 Å². The van der Waals surface area contributed by atoms with Crippen molar-refractivity contribution < 1.29 is 9.21 Å². The molecule has 1 N–H and O–H groups in total. The maximum absolute atomic E-state index is 12.0. The maximum atomic E-state index is 12.0. The zero-order valence-electron chi connectivity index (χ0n) is 9.84. The second-order valence-corrected chi connectivity index (χ2v) is 5.18. The van der Waals surface area contributed by atoms with Gasteiger partial charge in [-0.15, -0.1) is 11.3 Å². The highest BCUT2D eigenvalue weighted by molar-refractivity contribution is 7.13. The normalized spacial score (nSPS) is 14.4. The molecule has 0 amide bonds. The van der Waals surface area contributed by atoms with Gasteiger partial charge in [-0.3, -0.25) is 4.79 Å².